The van der Waals surface area contributed by atoms with E-state index in [0.29, 0.717) is 6.04 Å². The molecule has 2 N–H and O–H groups in total. The fraction of sp³-hybridized carbons (Fsp3) is 1.00. The van der Waals surface area contributed by atoms with E-state index in [1.807, 2.05) is 0 Å². The van der Waals surface area contributed by atoms with Gasteiger partial charge in [-0.05, 0) is 40.0 Å². The van der Waals surface area contributed by atoms with Gasteiger partial charge in [-0.25, -0.2) is 0 Å². The van der Waals surface area contributed by atoms with Gasteiger partial charge in [0.1, 0.15) is 0 Å². The smallest absolute Gasteiger partial charge is 0.0109 e. The zero-order valence-corrected chi connectivity index (χ0v) is 10.3. The summed E-state index contributed by atoms with van der Waals surface area (Å²) in [4.78, 5) is 4.81. The Hall–Kier alpha value is -0.120. The summed E-state index contributed by atoms with van der Waals surface area (Å²) in [6.45, 7) is 12.2. The molecule has 0 aliphatic heterocycles. The number of likely N-dealkylation sites (N-methyl/N-ethyl adjacent to an activating group) is 2. The van der Waals surface area contributed by atoms with E-state index in [4.69, 9.17) is 5.73 Å². The molecule has 0 aromatic carbocycles. The molecule has 0 fully saturated rings. The van der Waals surface area contributed by atoms with E-state index in [0.717, 1.165) is 32.6 Å². The average Bonchev–Trinajstić information content (AvgIpc) is 2.16. The monoisotopic (exact) mass is 201 g/mol. The second kappa shape index (κ2) is 8.21. The van der Waals surface area contributed by atoms with E-state index in [1.54, 1.807) is 0 Å². The van der Waals surface area contributed by atoms with Crippen molar-refractivity contribution < 1.29 is 0 Å². The third kappa shape index (κ3) is 7.30. The molecule has 0 rings (SSSR count). The lowest BCUT2D eigenvalue weighted by atomic mass is 10.2. The fourth-order valence-corrected chi connectivity index (χ4v) is 1.39. The zero-order chi connectivity index (χ0) is 11.0. The highest BCUT2D eigenvalue weighted by Crippen LogP contribution is 1.93. The average molecular weight is 201 g/mol. The fourth-order valence-electron chi connectivity index (χ4n) is 1.39. The van der Waals surface area contributed by atoms with Crippen molar-refractivity contribution in [3.8, 4) is 0 Å². The maximum atomic E-state index is 5.71. The first-order valence-corrected chi connectivity index (χ1v) is 5.76. The van der Waals surface area contributed by atoms with Gasteiger partial charge in [0, 0.05) is 19.1 Å². The third-order valence-corrected chi connectivity index (χ3v) is 2.66. The van der Waals surface area contributed by atoms with Crippen molar-refractivity contribution in [2.24, 2.45) is 5.73 Å². The van der Waals surface area contributed by atoms with Crippen molar-refractivity contribution in [1.82, 2.24) is 9.80 Å². The minimum atomic E-state index is 0.325. The van der Waals surface area contributed by atoms with Crippen LogP contribution < -0.4 is 5.73 Å². The second-order valence-corrected chi connectivity index (χ2v) is 4.10. The third-order valence-electron chi connectivity index (χ3n) is 2.66. The van der Waals surface area contributed by atoms with Crippen LogP contribution in [0.2, 0.25) is 0 Å². The summed E-state index contributed by atoms with van der Waals surface area (Å²) in [5.41, 5.74) is 5.71. The summed E-state index contributed by atoms with van der Waals surface area (Å²) in [6, 6.07) is 0.325. The molecule has 0 saturated carbocycles. The molecule has 86 valence electrons. The van der Waals surface area contributed by atoms with Crippen LogP contribution in [-0.2, 0) is 0 Å². The van der Waals surface area contributed by atoms with Gasteiger partial charge in [0.15, 0.2) is 0 Å². The molecule has 0 bridgehead atoms. The highest BCUT2D eigenvalue weighted by atomic mass is 15.2. The summed E-state index contributed by atoms with van der Waals surface area (Å²) < 4.78 is 0. The van der Waals surface area contributed by atoms with Gasteiger partial charge in [0.25, 0.3) is 0 Å². The van der Waals surface area contributed by atoms with E-state index >= 15 is 0 Å². The molecule has 0 aromatic rings. The minimum Gasteiger partial charge on any atom is -0.328 e. The SMILES string of the molecule is CCN(CC)CCN(C)CCC(C)N. The summed E-state index contributed by atoms with van der Waals surface area (Å²) in [6.07, 6.45) is 1.09. The molecule has 3 nitrogen and oxygen atoms in total. The largest absolute Gasteiger partial charge is 0.328 e. The van der Waals surface area contributed by atoms with Gasteiger partial charge in [-0.3, -0.25) is 0 Å². The number of rotatable bonds is 8. The molecule has 3 heteroatoms. The highest BCUT2D eigenvalue weighted by Gasteiger charge is 2.03. The van der Waals surface area contributed by atoms with E-state index in [9.17, 15) is 0 Å². The van der Waals surface area contributed by atoms with Crippen LogP contribution in [0, 0.1) is 0 Å². The lowest BCUT2D eigenvalue weighted by molar-refractivity contribution is 0.237. The molecule has 1 unspecified atom stereocenters. The Morgan fingerprint density at radius 2 is 1.64 bits per heavy atom. The van der Waals surface area contributed by atoms with E-state index < -0.39 is 0 Å². The quantitative estimate of drug-likeness (QED) is 0.636. The zero-order valence-electron chi connectivity index (χ0n) is 10.3. The summed E-state index contributed by atoms with van der Waals surface area (Å²) >= 11 is 0. The maximum absolute atomic E-state index is 5.71. The van der Waals surface area contributed by atoms with Gasteiger partial charge in [-0.15, -0.1) is 0 Å². The van der Waals surface area contributed by atoms with Crippen molar-refractivity contribution in [2.45, 2.75) is 33.2 Å². The van der Waals surface area contributed by atoms with Gasteiger partial charge in [0.2, 0.25) is 0 Å². The number of hydrogen-bond acceptors (Lipinski definition) is 3. The molecule has 0 heterocycles. The molecule has 0 radical (unpaired) electrons. The molecule has 0 aromatic heterocycles. The molecule has 0 aliphatic rings. The lowest BCUT2D eigenvalue weighted by Crippen LogP contribution is -2.34. The first kappa shape index (κ1) is 13.9. The minimum absolute atomic E-state index is 0.325. The van der Waals surface area contributed by atoms with Gasteiger partial charge in [-0.2, -0.15) is 0 Å². The van der Waals surface area contributed by atoms with Crippen LogP contribution in [-0.4, -0.2) is 55.6 Å². The molecule has 0 aliphatic carbocycles. The number of nitrogens with zero attached hydrogens (tertiary/aromatic N) is 2. The first-order chi connectivity index (χ1) is 6.60. The van der Waals surface area contributed by atoms with Crippen LogP contribution in [0.25, 0.3) is 0 Å². The molecule has 0 spiro atoms. The lowest BCUT2D eigenvalue weighted by Gasteiger charge is -2.23. The number of hydrogen-bond donors (Lipinski definition) is 1. The Kier molecular flexibility index (Phi) is 8.14. The second-order valence-electron chi connectivity index (χ2n) is 4.10. The van der Waals surface area contributed by atoms with Gasteiger partial charge < -0.3 is 15.5 Å². The van der Waals surface area contributed by atoms with Gasteiger partial charge in [-0.1, -0.05) is 13.8 Å². The first-order valence-electron chi connectivity index (χ1n) is 5.76. The van der Waals surface area contributed by atoms with Crippen LogP contribution >= 0.6 is 0 Å². The van der Waals surface area contributed by atoms with Crippen LogP contribution in [0.15, 0.2) is 0 Å². The molecule has 0 amide bonds. The Labute approximate surface area is 89.2 Å². The van der Waals surface area contributed by atoms with Crippen LogP contribution in [0.1, 0.15) is 27.2 Å². The van der Waals surface area contributed by atoms with Crippen molar-refractivity contribution in [2.75, 3.05) is 39.8 Å². The topological polar surface area (TPSA) is 32.5 Å². The van der Waals surface area contributed by atoms with Crippen molar-refractivity contribution >= 4 is 0 Å². The summed E-state index contributed by atoms with van der Waals surface area (Å²) in [7, 11) is 2.17. The van der Waals surface area contributed by atoms with Gasteiger partial charge in [0.05, 0.1) is 0 Å². The molecular formula is C11H27N3. The molecule has 1 atom stereocenters. The van der Waals surface area contributed by atoms with Crippen molar-refractivity contribution in [1.29, 1.82) is 0 Å². The van der Waals surface area contributed by atoms with Gasteiger partial charge >= 0.3 is 0 Å². The van der Waals surface area contributed by atoms with Crippen LogP contribution in [0.5, 0.6) is 0 Å². The molecule has 0 saturated heterocycles. The van der Waals surface area contributed by atoms with E-state index in [-0.39, 0.29) is 0 Å². The standard InChI is InChI=1S/C11H27N3/c1-5-14(6-2)10-9-13(4)8-7-11(3)12/h11H,5-10,12H2,1-4H3. The summed E-state index contributed by atoms with van der Waals surface area (Å²) in [5, 5.41) is 0. The normalized spacial score (nSPS) is 13.9. The van der Waals surface area contributed by atoms with Crippen LogP contribution in [0.3, 0.4) is 0 Å². The Morgan fingerprint density at radius 3 is 2.07 bits per heavy atom. The van der Waals surface area contributed by atoms with E-state index in [1.165, 1.54) is 6.54 Å². The Morgan fingerprint density at radius 1 is 1.07 bits per heavy atom. The van der Waals surface area contributed by atoms with Crippen LogP contribution in [0.4, 0.5) is 0 Å². The number of nitrogens with two attached hydrogens (primary N) is 1. The van der Waals surface area contributed by atoms with E-state index in [2.05, 4.69) is 37.6 Å². The molecular weight excluding hydrogens is 174 g/mol. The predicted molar refractivity (Wildman–Crippen MR) is 63.6 cm³/mol. The predicted octanol–water partition coefficient (Wildman–Crippen LogP) is 0.997. The van der Waals surface area contributed by atoms with Crippen molar-refractivity contribution in [3.05, 3.63) is 0 Å². The Bertz CT molecular complexity index is 122. The Balaban J connectivity index is 3.46. The maximum Gasteiger partial charge on any atom is 0.0109 e. The highest BCUT2D eigenvalue weighted by molar-refractivity contribution is 4.61. The molecule has 14 heavy (non-hydrogen) atoms. The van der Waals surface area contributed by atoms with Crippen molar-refractivity contribution in [3.63, 3.8) is 0 Å². The summed E-state index contributed by atoms with van der Waals surface area (Å²) in [5.74, 6) is 0.